The first-order valence-corrected chi connectivity index (χ1v) is 7.31. The van der Waals surface area contributed by atoms with Gasteiger partial charge in [-0.3, -0.25) is 14.5 Å². The number of carbonyl (C=O) groups is 2. The Bertz CT molecular complexity index is 777. The van der Waals surface area contributed by atoms with Crippen LogP contribution < -0.4 is 10.2 Å². The van der Waals surface area contributed by atoms with Gasteiger partial charge >= 0.3 is 0 Å². The number of nitrogens with zero attached hydrogens (tertiary/aromatic N) is 2. The number of anilines is 2. The Balaban J connectivity index is 1.69. The van der Waals surface area contributed by atoms with Gasteiger partial charge < -0.3 is 9.84 Å². The number of amides is 2. The maximum atomic E-state index is 13.1. The number of carbonyl (C=O) groups excluding carboxylic acids is 2. The highest BCUT2D eigenvalue weighted by Crippen LogP contribution is 2.26. The van der Waals surface area contributed by atoms with Crippen LogP contribution in [-0.2, 0) is 9.59 Å². The molecule has 0 saturated carbocycles. The molecule has 2 aromatic rings. The summed E-state index contributed by atoms with van der Waals surface area (Å²) in [6.07, 6.45) is 0.0761. The molecule has 1 aliphatic rings. The molecule has 120 valence electrons. The molecule has 0 radical (unpaired) electrons. The summed E-state index contributed by atoms with van der Waals surface area (Å²) in [5.74, 6) is -0.634. The van der Waals surface area contributed by atoms with E-state index in [-0.39, 0.29) is 29.8 Å². The fraction of sp³-hybridized carbons (Fsp3) is 0.267. The standard InChI is InChI=1S/C15H13ClFN3O3/c1-8-4-13(19-23-8)20-7-9(5-14(20)21)15(22)18-10-2-3-12(17)11(16)6-10/h2-4,6,9H,5,7H2,1H3,(H,18,22). The Kier molecular flexibility index (Phi) is 4.04. The molecule has 8 heteroatoms. The van der Waals surface area contributed by atoms with E-state index in [4.69, 9.17) is 16.1 Å². The highest BCUT2D eigenvalue weighted by atomic mass is 35.5. The number of halogens is 2. The van der Waals surface area contributed by atoms with Crippen LogP contribution in [0.1, 0.15) is 12.2 Å². The Hall–Kier alpha value is -2.41. The van der Waals surface area contributed by atoms with Crippen molar-refractivity contribution < 1.29 is 18.5 Å². The summed E-state index contributed by atoms with van der Waals surface area (Å²) in [7, 11) is 0. The molecular weight excluding hydrogens is 325 g/mol. The number of benzene rings is 1. The van der Waals surface area contributed by atoms with Crippen LogP contribution in [0.15, 0.2) is 28.8 Å². The van der Waals surface area contributed by atoms with Crippen molar-refractivity contribution >= 4 is 34.9 Å². The van der Waals surface area contributed by atoms with Crippen LogP contribution in [0.5, 0.6) is 0 Å². The lowest BCUT2D eigenvalue weighted by Gasteiger charge is -2.13. The van der Waals surface area contributed by atoms with E-state index in [0.717, 1.165) is 0 Å². The highest BCUT2D eigenvalue weighted by Gasteiger charge is 2.36. The lowest BCUT2D eigenvalue weighted by molar-refractivity contribution is -0.122. The largest absolute Gasteiger partial charge is 0.360 e. The predicted molar refractivity (Wildman–Crippen MR) is 81.7 cm³/mol. The van der Waals surface area contributed by atoms with E-state index in [0.29, 0.717) is 17.3 Å². The molecule has 1 aromatic heterocycles. The molecule has 2 amide bonds. The molecule has 0 spiro atoms. The summed E-state index contributed by atoms with van der Waals surface area (Å²) < 4.78 is 18.1. The van der Waals surface area contributed by atoms with Crippen molar-refractivity contribution in [2.75, 3.05) is 16.8 Å². The van der Waals surface area contributed by atoms with Crippen molar-refractivity contribution in [1.29, 1.82) is 0 Å². The number of aromatic nitrogens is 1. The third kappa shape index (κ3) is 3.19. The SMILES string of the molecule is Cc1cc(N2CC(C(=O)Nc3ccc(F)c(Cl)c3)CC2=O)no1. The molecule has 3 rings (SSSR count). The fourth-order valence-corrected chi connectivity index (χ4v) is 2.58. The molecule has 23 heavy (non-hydrogen) atoms. The summed E-state index contributed by atoms with van der Waals surface area (Å²) >= 11 is 5.68. The average Bonchev–Trinajstić information content (AvgIpc) is 3.09. The molecule has 1 saturated heterocycles. The average molecular weight is 338 g/mol. The first-order valence-electron chi connectivity index (χ1n) is 6.93. The number of nitrogens with one attached hydrogen (secondary N) is 1. The van der Waals surface area contributed by atoms with Crippen molar-refractivity contribution in [3.8, 4) is 0 Å². The van der Waals surface area contributed by atoms with Gasteiger partial charge in [-0.25, -0.2) is 4.39 Å². The highest BCUT2D eigenvalue weighted by molar-refractivity contribution is 6.31. The topological polar surface area (TPSA) is 75.4 Å². The van der Waals surface area contributed by atoms with Gasteiger partial charge in [0.05, 0.1) is 10.9 Å². The second-order valence-corrected chi connectivity index (χ2v) is 5.73. The van der Waals surface area contributed by atoms with Crippen molar-refractivity contribution in [3.05, 3.63) is 40.9 Å². The van der Waals surface area contributed by atoms with E-state index in [9.17, 15) is 14.0 Å². The normalized spacial score (nSPS) is 17.6. The maximum absolute atomic E-state index is 13.1. The van der Waals surface area contributed by atoms with E-state index in [1.165, 1.54) is 23.1 Å². The lowest BCUT2D eigenvalue weighted by atomic mass is 10.1. The molecule has 1 atom stereocenters. The van der Waals surface area contributed by atoms with Gasteiger partial charge in [0.25, 0.3) is 0 Å². The van der Waals surface area contributed by atoms with E-state index in [1.54, 1.807) is 13.0 Å². The minimum absolute atomic E-state index is 0.0761. The summed E-state index contributed by atoms with van der Waals surface area (Å²) in [5.41, 5.74) is 0.379. The molecule has 2 heterocycles. The first kappa shape index (κ1) is 15.5. The second-order valence-electron chi connectivity index (χ2n) is 5.32. The van der Waals surface area contributed by atoms with E-state index >= 15 is 0 Å². The quantitative estimate of drug-likeness (QED) is 0.934. The van der Waals surface area contributed by atoms with Crippen molar-refractivity contribution in [3.63, 3.8) is 0 Å². The smallest absolute Gasteiger partial charge is 0.229 e. The fourth-order valence-electron chi connectivity index (χ4n) is 2.40. The van der Waals surface area contributed by atoms with Gasteiger partial charge in [-0.05, 0) is 25.1 Å². The number of rotatable bonds is 3. The van der Waals surface area contributed by atoms with Crippen LogP contribution >= 0.6 is 11.6 Å². The van der Waals surface area contributed by atoms with Gasteiger partial charge in [-0.1, -0.05) is 16.8 Å². The van der Waals surface area contributed by atoms with Crippen molar-refractivity contribution in [2.24, 2.45) is 5.92 Å². The van der Waals surface area contributed by atoms with Gasteiger partial charge in [-0.15, -0.1) is 0 Å². The number of aryl methyl sites for hydroxylation is 1. The Morgan fingerprint density at radius 2 is 2.26 bits per heavy atom. The molecule has 0 bridgehead atoms. The Morgan fingerprint density at radius 1 is 1.48 bits per heavy atom. The van der Waals surface area contributed by atoms with Crippen LogP contribution in [0.4, 0.5) is 15.9 Å². The van der Waals surface area contributed by atoms with E-state index < -0.39 is 11.7 Å². The van der Waals surface area contributed by atoms with Gasteiger partial charge in [-0.2, -0.15) is 0 Å². The van der Waals surface area contributed by atoms with Crippen molar-refractivity contribution in [2.45, 2.75) is 13.3 Å². The van der Waals surface area contributed by atoms with Gasteiger partial charge in [0.1, 0.15) is 11.6 Å². The molecule has 1 fully saturated rings. The Labute approximate surface area is 136 Å². The Morgan fingerprint density at radius 3 is 2.91 bits per heavy atom. The molecule has 1 N–H and O–H groups in total. The van der Waals surface area contributed by atoms with Crippen LogP contribution in [-0.4, -0.2) is 23.5 Å². The van der Waals surface area contributed by atoms with Crippen LogP contribution in [0.3, 0.4) is 0 Å². The predicted octanol–water partition coefficient (Wildman–Crippen LogP) is 2.77. The minimum atomic E-state index is -0.562. The van der Waals surface area contributed by atoms with Crippen LogP contribution in [0, 0.1) is 18.7 Å². The lowest BCUT2D eigenvalue weighted by Crippen LogP contribution is -2.28. The zero-order valence-electron chi connectivity index (χ0n) is 12.2. The van der Waals surface area contributed by atoms with Crippen LogP contribution in [0.2, 0.25) is 5.02 Å². The summed E-state index contributed by atoms with van der Waals surface area (Å²) in [6, 6.07) is 5.54. The third-order valence-electron chi connectivity index (χ3n) is 3.58. The molecular formula is C15H13ClFN3O3. The number of hydrogen-bond acceptors (Lipinski definition) is 4. The molecule has 0 aliphatic carbocycles. The molecule has 1 aromatic carbocycles. The van der Waals surface area contributed by atoms with E-state index in [2.05, 4.69) is 10.5 Å². The van der Waals surface area contributed by atoms with Gasteiger partial charge in [0.15, 0.2) is 5.82 Å². The van der Waals surface area contributed by atoms with E-state index in [1.807, 2.05) is 0 Å². The summed E-state index contributed by atoms with van der Waals surface area (Å²) in [6.45, 7) is 1.94. The molecule has 6 nitrogen and oxygen atoms in total. The summed E-state index contributed by atoms with van der Waals surface area (Å²) in [4.78, 5) is 25.7. The third-order valence-corrected chi connectivity index (χ3v) is 3.86. The van der Waals surface area contributed by atoms with Crippen LogP contribution in [0.25, 0.3) is 0 Å². The minimum Gasteiger partial charge on any atom is -0.360 e. The monoisotopic (exact) mass is 337 g/mol. The summed E-state index contributed by atoms with van der Waals surface area (Å²) in [5, 5.41) is 6.34. The zero-order valence-corrected chi connectivity index (χ0v) is 12.9. The van der Waals surface area contributed by atoms with Gasteiger partial charge in [0, 0.05) is 24.7 Å². The molecule has 1 aliphatic heterocycles. The zero-order chi connectivity index (χ0) is 16.6. The first-order chi connectivity index (χ1) is 10.9. The second kappa shape index (κ2) is 6.00. The van der Waals surface area contributed by atoms with Gasteiger partial charge in [0.2, 0.25) is 11.8 Å². The van der Waals surface area contributed by atoms with Crippen molar-refractivity contribution in [1.82, 2.24) is 5.16 Å². The molecule has 1 unspecified atom stereocenters. The number of hydrogen-bond donors (Lipinski definition) is 1. The maximum Gasteiger partial charge on any atom is 0.229 e.